The quantitative estimate of drug-likeness (QED) is 0.313. The standard InChI is InChI=1S/C35H46FN5O9S/c1-20-8-4-5-9-22-16-35(22,32(44)40-51(47,48)34(19-36)12-13-34)39-29(42)26-15-23(18-41(26)31(43)28(21(2)14-20)38-33(45)46)50-30-25-11-7-6-10-24(25)27(49-3)17-37-30/h6-7,10-11,17,20-23,26,28,38H,4-5,8-9,12-16,18-19H2,1-3H3,(H,39,42)(H,40,44)(H,45,46)/t20-,21-,22-,23-,26+,28+,35-/m1/s1. The number of methoxy groups -OCH3 is 1. The number of hydrogen-bond acceptors (Lipinski definition) is 9. The molecule has 6 rings (SSSR count). The van der Waals surface area contributed by atoms with Crippen LogP contribution in [0.25, 0.3) is 10.8 Å². The van der Waals surface area contributed by atoms with Crippen LogP contribution in [0.4, 0.5) is 9.18 Å². The second-order valence-electron chi connectivity index (χ2n) is 14.8. The van der Waals surface area contributed by atoms with Gasteiger partial charge in [-0.15, -0.1) is 0 Å². The van der Waals surface area contributed by atoms with Crippen LogP contribution >= 0.6 is 0 Å². The minimum absolute atomic E-state index is 0.0180. The maximum atomic E-state index is 14.3. The second kappa shape index (κ2) is 14.1. The fourth-order valence-electron chi connectivity index (χ4n) is 7.87. The molecule has 4 N–H and O–H groups in total. The summed E-state index contributed by atoms with van der Waals surface area (Å²) in [6, 6.07) is 4.94. The first-order valence-electron chi connectivity index (χ1n) is 17.6. The summed E-state index contributed by atoms with van der Waals surface area (Å²) in [6.07, 6.45) is 3.09. The van der Waals surface area contributed by atoms with E-state index in [9.17, 15) is 37.1 Å². The average Bonchev–Trinajstić information content (AvgIpc) is 4.00. The molecule has 0 radical (unpaired) electrons. The number of benzene rings is 1. The van der Waals surface area contributed by atoms with E-state index in [1.807, 2.05) is 25.1 Å². The number of sulfonamides is 1. The molecule has 2 saturated carbocycles. The van der Waals surface area contributed by atoms with Crippen molar-refractivity contribution >= 4 is 44.6 Å². The third-order valence-corrected chi connectivity index (χ3v) is 13.3. The monoisotopic (exact) mass is 731 g/mol. The third kappa shape index (κ3) is 7.15. The first-order chi connectivity index (χ1) is 24.2. The lowest BCUT2D eigenvalue weighted by molar-refractivity contribution is -0.142. The number of carbonyl (C=O) groups excluding carboxylic acids is 3. The van der Waals surface area contributed by atoms with E-state index >= 15 is 0 Å². The Morgan fingerprint density at radius 2 is 1.82 bits per heavy atom. The molecule has 2 saturated heterocycles. The number of amides is 4. The number of hydrogen-bond donors (Lipinski definition) is 4. The number of pyridine rings is 1. The van der Waals surface area contributed by atoms with E-state index in [-0.39, 0.29) is 49.9 Å². The van der Waals surface area contributed by atoms with E-state index in [0.29, 0.717) is 30.4 Å². The fraction of sp³-hybridized carbons (Fsp3) is 0.629. The lowest BCUT2D eigenvalue weighted by Gasteiger charge is -2.32. The zero-order valence-corrected chi connectivity index (χ0v) is 29.8. The summed E-state index contributed by atoms with van der Waals surface area (Å²) < 4.78 is 52.2. The zero-order valence-electron chi connectivity index (χ0n) is 29.0. The predicted molar refractivity (Wildman–Crippen MR) is 183 cm³/mol. The van der Waals surface area contributed by atoms with Crippen LogP contribution < -0.4 is 24.8 Å². The van der Waals surface area contributed by atoms with Crippen LogP contribution in [0, 0.1) is 17.8 Å². The van der Waals surface area contributed by atoms with Crippen LogP contribution in [0.3, 0.4) is 0 Å². The Morgan fingerprint density at radius 1 is 1.12 bits per heavy atom. The van der Waals surface area contributed by atoms with Gasteiger partial charge in [-0.25, -0.2) is 22.6 Å². The molecule has 4 fully saturated rings. The Labute approximate surface area is 296 Å². The van der Waals surface area contributed by atoms with Gasteiger partial charge in [0.15, 0.2) is 0 Å². The van der Waals surface area contributed by atoms with Gasteiger partial charge >= 0.3 is 6.09 Å². The van der Waals surface area contributed by atoms with Crippen molar-refractivity contribution in [3.63, 3.8) is 0 Å². The summed E-state index contributed by atoms with van der Waals surface area (Å²) >= 11 is 0. The van der Waals surface area contributed by atoms with Crippen LogP contribution in [0.5, 0.6) is 11.6 Å². The average molecular weight is 732 g/mol. The van der Waals surface area contributed by atoms with Gasteiger partial charge in [-0.3, -0.25) is 19.1 Å². The molecule has 1 aromatic heterocycles. The van der Waals surface area contributed by atoms with Crippen molar-refractivity contribution in [1.82, 2.24) is 25.2 Å². The number of aromatic nitrogens is 1. The highest BCUT2D eigenvalue weighted by Crippen LogP contribution is 2.49. The summed E-state index contributed by atoms with van der Waals surface area (Å²) in [5.74, 6) is -2.10. The Kier molecular flexibility index (Phi) is 10.1. The molecule has 51 heavy (non-hydrogen) atoms. The Morgan fingerprint density at radius 3 is 2.49 bits per heavy atom. The number of nitrogens with one attached hydrogen (secondary N) is 3. The highest BCUT2D eigenvalue weighted by molar-refractivity contribution is 7.91. The van der Waals surface area contributed by atoms with Crippen LogP contribution in [-0.4, -0.2) is 96.0 Å². The van der Waals surface area contributed by atoms with E-state index < -0.39 is 74.9 Å². The molecule has 0 bridgehead atoms. The van der Waals surface area contributed by atoms with Crippen LogP contribution in [-0.2, 0) is 24.4 Å². The van der Waals surface area contributed by atoms with E-state index in [2.05, 4.69) is 20.3 Å². The largest absolute Gasteiger partial charge is 0.494 e. The molecule has 16 heteroatoms. The number of carboxylic acid groups (broad SMARTS) is 1. The lowest BCUT2D eigenvalue weighted by Crippen LogP contribution is -2.59. The molecule has 2 aromatic rings. The minimum atomic E-state index is -4.36. The molecule has 3 heterocycles. The first kappa shape index (κ1) is 36.6. The Bertz CT molecular complexity index is 1810. The molecule has 14 nitrogen and oxygen atoms in total. The molecule has 2 aliphatic carbocycles. The van der Waals surface area contributed by atoms with E-state index in [0.717, 1.165) is 18.2 Å². The van der Waals surface area contributed by atoms with Gasteiger partial charge in [-0.05, 0) is 55.9 Å². The molecule has 278 valence electrons. The van der Waals surface area contributed by atoms with Gasteiger partial charge in [-0.1, -0.05) is 51.3 Å². The van der Waals surface area contributed by atoms with Crippen LogP contribution in [0.15, 0.2) is 30.5 Å². The summed E-state index contributed by atoms with van der Waals surface area (Å²) in [4.78, 5) is 60.1. The normalized spacial score (nSPS) is 30.9. The number of alkyl halides is 1. The highest BCUT2D eigenvalue weighted by atomic mass is 32.2. The van der Waals surface area contributed by atoms with Crippen molar-refractivity contribution in [3.8, 4) is 11.6 Å². The van der Waals surface area contributed by atoms with Crippen LogP contribution in [0.2, 0.25) is 0 Å². The minimum Gasteiger partial charge on any atom is -0.494 e. The number of nitrogens with zero attached hydrogens (tertiary/aromatic N) is 2. The van der Waals surface area contributed by atoms with E-state index in [1.54, 1.807) is 13.0 Å². The van der Waals surface area contributed by atoms with Crippen molar-refractivity contribution in [2.45, 2.75) is 100 Å². The highest BCUT2D eigenvalue weighted by Gasteiger charge is 2.64. The van der Waals surface area contributed by atoms with Crippen molar-refractivity contribution in [3.05, 3.63) is 30.5 Å². The Balaban J connectivity index is 1.33. The van der Waals surface area contributed by atoms with Gasteiger partial charge in [0.1, 0.15) is 40.9 Å². The van der Waals surface area contributed by atoms with Crippen molar-refractivity contribution in [1.29, 1.82) is 0 Å². The number of ether oxygens (including phenoxy) is 2. The summed E-state index contributed by atoms with van der Waals surface area (Å²) in [6.45, 7) is 2.63. The maximum absolute atomic E-state index is 14.3. The van der Waals surface area contributed by atoms with E-state index in [4.69, 9.17) is 9.47 Å². The Hall–Kier alpha value is -4.21. The smallest absolute Gasteiger partial charge is 0.405 e. The van der Waals surface area contributed by atoms with Crippen molar-refractivity contribution in [2.24, 2.45) is 17.8 Å². The van der Waals surface area contributed by atoms with Crippen LogP contribution in [0.1, 0.15) is 71.6 Å². The van der Waals surface area contributed by atoms with Gasteiger partial charge in [0, 0.05) is 17.2 Å². The zero-order chi connectivity index (χ0) is 36.7. The topological polar surface area (TPSA) is 193 Å². The first-order valence-corrected chi connectivity index (χ1v) is 19.1. The van der Waals surface area contributed by atoms with Crippen molar-refractivity contribution < 1.29 is 46.6 Å². The number of rotatable bonds is 8. The maximum Gasteiger partial charge on any atom is 0.405 e. The fourth-order valence-corrected chi connectivity index (χ4v) is 9.29. The number of carbonyl (C=O) groups is 4. The molecule has 1 aromatic carbocycles. The summed E-state index contributed by atoms with van der Waals surface area (Å²) in [5.41, 5.74) is -1.57. The molecule has 4 aliphatic rings. The lowest BCUT2D eigenvalue weighted by atomic mass is 9.87. The molecular formula is C35H46FN5O9S. The van der Waals surface area contributed by atoms with Gasteiger partial charge < -0.3 is 30.1 Å². The SMILES string of the molecule is COc1cnc(O[C@@H]2C[C@H]3C(=O)N[C@]4(C(=O)NS(=O)(=O)C5(CF)CC5)C[C@H]4CCCC[C@@H](C)C[C@@H](C)[C@H](NC(=O)O)C(=O)N3C2)c2ccccc12. The van der Waals surface area contributed by atoms with Crippen molar-refractivity contribution in [2.75, 3.05) is 20.3 Å². The van der Waals surface area contributed by atoms with E-state index in [1.165, 1.54) is 18.2 Å². The molecular weight excluding hydrogens is 685 g/mol. The summed E-state index contributed by atoms with van der Waals surface area (Å²) in [5, 5.41) is 16.3. The van der Waals surface area contributed by atoms with Gasteiger partial charge in [-0.2, -0.15) is 0 Å². The summed E-state index contributed by atoms with van der Waals surface area (Å²) in [7, 11) is -2.83. The number of fused-ring (bicyclic) bond motifs is 3. The third-order valence-electron chi connectivity index (χ3n) is 11.2. The number of halogens is 1. The molecule has 2 aliphatic heterocycles. The predicted octanol–water partition coefficient (Wildman–Crippen LogP) is 3.29. The van der Waals surface area contributed by atoms with Gasteiger partial charge in [0.25, 0.3) is 5.91 Å². The molecule has 0 spiro atoms. The molecule has 0 unspecified atom stereocenters. The molecule has 7 atom stereocenters. The van der Waals surface area contributed by atoms with Gasteiger partial charge in [0.05, 0.1) is 19.9 Å². The molecule has 4 amide bonds. The second-order valence-corrected chi connectivity index (χ2v) is 16.9. The van der Waals surface area contributed by atoms with Gasteiger partial charge in [0.2, 0.25) is 27.7 Å².